The summed E-state index contributed by atoms with van der Waals surface area (Å²) in [6, 6.07) is 11.9. The van der Waals surface area contributed by atoms with Crippen LogP contribution in [-0.2, 0) is 14.4 Å². The van der Waals surface area contributed by atoms with Crippen molar-refractivity contribution in [3.05, 3.63) is 107 Å². The number of benzene rings is 1. The maximum atomic E-state index is 15.2. The van der Waals surface area contributed by atoms with Crippen molar-refractivity contribution in [2.24, 2.45) is 0 Å². The minimum absolute atomic E-state index is 0.000491. The van der Waals surface area contributed by atoms with Crippen molar-refractivity contribution in [2.45, 2.75) is 49.7 Å². The zero-order chi connectivity index (χ0) is 36.0. The Kier molecular flexibility index (Phi) is 10.6. The predicted octanol–water partition coefficient (Wildman–Crippen LogP) is 5.47. The van der Waals surface area contributed by atoms with Crippen LogP contribution in [0.5, 0.6) is 0 Å². The number of halogens is 4. The average Bonchev–Trinajstić information content (AvgIpc) is 3.08. The highest BCUT2D eigenvalue weighted by atomic mass is 35.5. The van der Waals surface area contributed by atoms with Crippen molar-refractivity contribution in [3.63, 3.8) is 0 Å². The molecule has 1 aliphatic rings. The van der Waals surface area contributed by atoms with Gasteiger partial charge in [0.05, 0.1) is 41.3 Å². The monoisotopic (exact) mass is 702 g/mol. The van der Waals surface area contributed by atoms with Gasteiger partial charge in [-0.1, -0.05) is 29.8 Å². The lowest BCUT2D eigenvalue weighted by molar-refractivity contribution is -0.137. The van der Waals surface area contributed by atoms with E-state index >= 15 is 4.79 Å². The van der Waals surface area contributed by atoms with E-state index in [4.69, 9.17) is 11.6 Å². The molecule has 2 amide bonds. The fraction of sp³-hybridized carbons (Fsp3) is 0.235. The number of nitriles is 2. The van der Waals surface area contributed by atoms with E-state index in [2.05, 4.69) is 20.3 Å². The zero-order valence-electron chi connectivity index (χ0n) is 25.9. The third kappa shape index (κ3) is 7.97. The molecule has 50 heavy (non-hydrogen) atoms. The second kappa shape index (κ2) is 15.0. The summed E-state index contributed by atoms with van der Waals surface area (Å²) >= 11 is 6.57. The van der Waals surface area contributed by atoms with Crippen LogP contribution in [0.4, 0.5) is 30.5 Å². The van der Waals surface area contributed by atoms with Gasteiger partial charge in [0.2, 0.25) is 5.91 Å². The van der Waals surface area contributed by atoms with E-state index in [1.54, 1.807) is 6.07 Å². The lowest BCUT2D eigenvalue weighted by atomic mass is 9.87. The van der Waals surface area contributed by atoms with Crippen LogP contribution < -0.4 is 15.1 Å². The van der Waals surface area contributed by atoms with Gasteiger partial charge in [0, 0.05) is 54.4 Å². The summed E-state index contributed by atoms with van der Waals surface area (Å²) in [5.41, 5.74) is -0.00443. The minimum Gasteiger partial charge on any atom is -0.481 e. The summed E-state index contributed by atoms with van der Waals surface area (Å²) in [5.74, 6) is -7.25. The molecule has 1 fully saturated rings. The third-order valence-electron chi connectivity index (χ3n) is 7.82. The van der Waals surface area contributed by atoms with Gasteiger partial charge in [-0.3, -0.25) is 29.2 Å². The molecule has 1 saturated carbocycles. The zero-order valence-corrected chi connectivity index (χ0v) is 26.6. The van der Waals surface area contributed by atoms with Gasteiger partial charge < -0.3 is 10.4 Å². The second-order valence-electron chi connectivity index (χ2n) is 11.3. The van der Waals surface area contributed by atoms with Crippen LogP contribution in [0.3, 0.4) is 0 Å². The molecule has 12 nitrogen and oxygen atoms in total. The van der Waals surface area contributed by atoms with Crippen LogP contribution in [0, 0.1) is 28.5 Å². The van der Waals surface area contributed by atoms with Crippen molar-refractivity contribution >= 4 is 46.7 Å². The fourth-order valence-corrected chi connectivity index (χ4v) is 5.77. The summed E-state index contributed by atoms with van der Waals surface area (Å²) in [6.45, 7) is 0. The number of nitrogens with zero attached hydrogens (tertiary/aromatic N) is 7. The molecule has 2 N–H and O–H groups in total. The number of nitrogens with one attached hydrogen (secondary N) is 1. The number of aliphatic carboxylic acids is 1. The van der Waals surface area contributed by atoms with Gasteiger partial charge in [0.1, 0.15) is 29.5 Å². The Morgan fingerprint density at radius 2 is 1.62 bits per heavy atom. The Morgan fingerprint density at radius 1 is 1.00 bits per heavy atom. The molecule has 5 rings (SSSR count). The van der Waals surface area contributed by atoms with Crippen LogP contribution in [-0.4, -0.2) is 55.8 Å². The number of carboxylic acids is 1. The number of hydrogen-bond acceptors (Lipinski definition) is 9. The van der Waals surface area contributed by atoms with Crippen LogP contribution in [0.2, 0.25) is 5.02 Å². The molecular weight excluding hydrogens is 677 g/mol. The predicted molar refractivity (Wildman–Crippen MR) is 173 cm³/mol. The first-order valence-corrected chi connectivity index (χ1v) is 15.4. The smallest absolute Gasteiger partial charge is 0.303 e. The average molecular weight is 703 g/mol. The minimum atomic E-state index is -3.00. The molecule has 3 heterocycles. The first-order valence-electron chi connectivity index (χ1n) is 15.0. The highest BCUT2D eigenvalue weighted by molar-refractivity contribution is 6.31. The van der Waals surface area contributed by atoms with E-state index in [1.807, 2.05) is 12.1 Å². The quantitative estimate of drug-likeness (QED) is 0.193. The topological polar surface area (TPSA) is 176 Å². The van der Waals surface area contributed by atoms with Crippen LogP contribution in [0.1, 0.15) is 48.4 Å². The maximum Gasteiger partial charge on any atom is 0.303 e. The molecule has 0 saturated heterocycles. The van der Waals surface area contributed by atoms with E-state index < -0.39 is 73.3 Å². The number of amides is 2. The number of carboxylic acid groups (broad SMARTS) is 1. The highest BCUT2D eigenvalue weighted by Crippen LogP contribution is 2.40. The van der Waals surface area contributed by atoms with Gasteiger partial charge in [-0.15, -0.1) is 0 Å². The number of anilines is 3. The molecule has 0 bridgehead atoms. The highest BCUT2D eigenvalue weighted by Gasteiger charge is 2.48. The molecule has 16 heteroatoms. The Morgan fingerprint density at radius 3 is 2.16 bits per heavy atom. The van der Waals surface area contributed by atoms with Gasteiger partial charge in [-0.05, 0) is 36.8 Å². The van der Waals surface area contributed by atoms with Crippen LogP contribution in [0.15, 0.2) is 79.4 Å². The molecule has 0 radical (unpaired) electrons. The number of pyridine rings is 3. The molecule has 3 aromatic heterocycles. The third-order valence-corrected chi connectivity index (χ3v) is 8.16. The Labute approximate surface area is 288 Å². The number of alkyl halides is 2. The Bertz CT molecular complexity index is 1960. The molecule has 2 atom stereocenters. The standard InChI is InChI=1S/C34H26ClF3N8O4/c35-26-4-2-1-3-25(26)31(32(49)44-23-14-34(37,38)15-23)45(24-13-22(36)18-41-19-24)33(50)27(5-6-30(47)48)46(28-11-20(16-39)7-9-42-28)29-12-21(17-40)8-10-43-29/h1-4,7-13,18-19,23,27,31H,5-6,14-15H2,(H,44,49)(H,47,48)/t27-,31-/m0/s1. The number of carbonyl (C=O) groups is 3. The summed E-state index contributed by atoms with van der Waals surface area (Å²) < 4.78 is 42.4. The lowest BCUT2D eigenvalue weighted by Crippen LogP contribution is -2.56. The SMILES string of the molecule is N#Cc1ccnc(N(c2cc(C#N)ccn2)[C@@H](CCC(=O)O)C(=O)N(c2cncc(F)c2)[C@H](C(=O)NC2CC(F)(F)C2)c2ccccc2Cl)c1. The van der Waals surface area contributed by atoms with Crippen molar-refractivity contribution in [1.29, 1.82) is 10.5 Å². The van der Waals surface area contributed by atoms with Crippen LogP contribution >= 0.6 is 11.6 Å². The fourth-order valence-electron chi connectivity index (χ4n) is 5.53. The summed E-state index contributed by atoms with van der Waals surface area (Å²) in [4.78, 5) is 55.8. The van der Waals surface area contributed by atoms with Crippen molar-refractivity contribution in [2.75, 3.05) is 9.80 Å². The molecule has 0 unspecified atom stereocenters. The van der Waals surface area contributed by atoms with Gasteiger partial charge >= 0.3 is 5.97 Å². The largest absolute Gasteiger partial charge is 0.481 e. The lowest BCUT2D eigenvalue weighted by Gasteiger charge is -2.40. The molecule has 254 valence electrons. The van der Waals surface area contributed by atoms with E-state index in [-0.39, 0.29) is 39.0 Å². The normalized spacial score (nSPS) is 14.6. The number of carbonyl (C=O) groups excluding carboxylic acids is 2. The van der Waals surface area contributed by atoms with Gasteiger partial charge in [0.15, 0.2) is 0 Å². The summed E-state index contributed by atoms with van der Waals surface area (Å²) in [6.07, 6.45) is 2.12. The Balaban J connectivity index is 1.74. The molecule has 1 aromatic carbocycles. The molecule has 4 aromatic rings. The van der Waals surface area contributed by atoms with E-state index in [0.29, 0.717) is 0 Å². The number of hydrogen-bond donors (Lipinski definition) is 2. The Hall–Kier alpha value is -6.06. The van der Waals surface area contributed by atoms with E-state index in [1.165, 1.54) is 59.8 Å². The molecule has 0 aliphatic heterocycles. The van der Waals surface area contributed by atoms with Gasteiger partial charge in [-0.25, -0.2) is 23.1 Å². The molecule has 1 aliphatic carbocycles. The first kappa shape index (κ1) is 35.3. The van der Waals surface area contributed by atoms with Crippen molar-refractivity contribution in [3.8, 4) is 12.1 Å². The van der Waals surface area contributed by atoms with Crippen LogP contribution in [0.25, 0.3) is 0 Å². The van der Waals surface area contributed by atoms with E-state index in [9.17, 15) is 38.4 Å². The van der Waals surface area contributed by atoms with Crippen molar-refractivity contribution < 1.29 is 32.7 Å². The summed E-state index contributed by atoms with van der Waals surface area (Å²) in [5, 5.41) is 31.6. The molecular formula is C34H26ClF3N8O4. The summed E-state index contributed by atoms with van der Waals surface area (Å²) in [7, 11) is 0. The molecule has 0 spiro atoms. The second-order valence-corrected chi connectivity index (χ2v) is 11.7. The number of aromatic nitrogens is 3. The van der Waals surface area contributed by atoms with Gasteiger partial charge in [-0.2, -0.15) is 10.5 Å². The maximum absolute atomic E-state index is 15.2. The first-order chi connectivity index (χ1) is 23.9. The van der Waals surface area contributed by atoms with Gasteiger partial charge in [0.25, 0.3) is 11.8 Å². The number of rotatable bonds is 12. The van der Waals surface area contributed by atoms with E-state index in [0.717, 1.165) is 23.4 Å². The van der Waals surface area contributed by atoms with Crippen molar-refractivity contribution in [1.82, 2.24) is 20.3 Å².